The molecule has 0 spiro atoms. The Bertz CT molecular complexity index is 574. The molecule has 1 aromatic heterocycles. The van der Waals surface area contributed by atoms with E-state index >= 15 is 0 Å². The van der Waals surface area contributed by atoms with Crippen LogP contribution in [-0.2, 0) is 6.54 Å². The highest BCUT2D eigenvalue weighted by Crippen LogP contribution is 2.24. The van der Waals surface area contributed by atoms with Crippen molar-refractivity contribution in [1.29, 1.82) is 0 Å². The van der Waals surface area contributed by atoms with E-state index in [0.29, 0.717) is 6.04 Å². The normalized spacial score (nSPS) is 12.6. The van der Waals surface area contributed by atoms with Crippen LogP contribution in [0.15, 0.2) is 41.1 Å². The molecule has 0 saturated carbocycles. The van der Waals surface area contributed by atoms with Gasteiger partial charge in [-0.15, -0.1) is 0 Å². The average molecular weight is 370 g/mol. The van der Waals surface area contributed by atoms with Crippen LogP contribution in [0.5, 0.6) is 0 Å². The summed E-state index contributed by atoms with van der Waals surface area (Å²) in [7, 11) is 0. The summed E-state index contributed by atoms with van der Waals surface area (Å²) in [6, 6.07) is 8.70. The van der Waals surface area contributed by atoms with Crippen molar-refractivity contribution in [3.63, 3.8) is 0 Å². The van der Waals surface area contributed by atoms with Crippen molar-refractivity contribution in [2.45, 2.75) is 39.3 Å². The predicted molar refractivity (Wildman–Crippen MR) is 94.0 cm³/mol. The van der Waals surface area contributed by atoms with Crippen molar-refractivity contribution >= 4 is 27.5 Å². The lowest BCUT2D eigenvalue weighted by Crippen LogP contribution is -2.20. The molecular weight excluding hydrogens is 348 g/mol. The summed E-state index contributed by atoms with van der Waals surface area (Å²) < 4.78 is 3.21. The van der Waals surface area contributed by atoms with Crippen LogP contribution in [0, 0.1) is 0 Å². The minimum atomic E-state index is 0.446. The smallest absolute Gasteiger partial charge is 0.0485 e. The summed E-state index contributed by atoms with van der Waals surface area (Å²) in [4.78, 5) is 0. The Morgan fingerprint density at radius 3 is 2.76 bits per heavy atom. The molecule has 1 unspecified atom stereocenters. The zero-order chi connectivity index (χ0) is 15.2. The van der Waals surface area contributed by atoms with Gasteiger partial charge in [-0.1, -0.05) is 53.9 Å². The summed E-state index contributed by atoms with van der Waals surface area (Å²) in [5.74, 6) is 0. The van der Waals surface area contributed by atoms with Crippen molar-refractivity contribution in [2.24, 2.45) is 0 Å². The van der Waals surface area contributed by atoms with Crippen LogP contribution in [0.4, 0.5) is 0 Å². The zero-order valence-electron chi connectivity index (χ0n) is 12.6. The Kier molecular flexibility index (Phi) is 6.34. The van der Waals surface area contributed by atoms with Gasteiger partial charge in [0.25, 0.3) is 0 Å². The number of hydrogen-bond donors (Lipinski definition) is 1. The first-order chi connectivity index (χ1) is 10.1. The lowest BCUT2D eigenvalue weighted by Gasteiger charge is -2.15. The van der Waals surface area contributed by atoms with Gasteiger partial charge in [0.2, 0.25) is 0 Å². The molecule has 21 heavy (non-hydrogen) atoms. The van der Waals surface area contributed by atoms with E-state index in [2.05, 4.69) is 64.2 Å². The highest BCUT2D eigenvalue weighted by Gasteiger charge is 2.11. The minimum absolute atomic E-state index is 0.446. The molecule has 2 rings (SSSR count). The second kappa shape index (κ2) is 8.02. The van der Waals surface area contributed by atoms with Crippen molar-refractivity contribution in [2.75, 3.05) is 6.54 Å². The van der Waals surface area contributed by atoms with Crippen LogP contribution < -0.4 is 5.32 Å². The number of nitrogens with zero attached hydrogens (tertiary/aromatic N) is 1. The molecule has 1 heterocycles. The fourth-order valence-corrected chi connectivity index (χ4v) is 3.27. The Labute approximate surface area is 140 Å². The monoisotopic (exact) mass is 368 g/mol. The van der Waals surface area contributed by atoms with Crippen LogP contribution in [0.25, 0.3) is 0 Å². The fourth-order valence-electron chi connectivity index (χ4n) is 2.53. The molecule has 1 N–H and O–H groups in total. The first-order valence-electron chi connectivity index (χ1n) is 7.47. The molecule has 2 aromatic rings. The van der Waals surface area contributed by atoms with Crippen molar-refractivity contribution < 1.29 is 0 Å². The largest absolute Gasteiger partial charge is 0.350 e. The highest BCUT2D eigenvalue weighted by molar-refractivity contribution is 9.10. The summed E-state index contributed by atoms with van der Waals surface area (Å²) in [6.07, 6.45) is 6.70. The molecule has 114 valence electrons. The van der Waals surface area contributed by atoms with E-state index in [1.165, 1.54) is 12.0 Å². The number of nitrogens with one attached hydrogen (secondary N) is 1. The molecule has 1 atom stereocenters. The van der Waals surface area contributed by atoms with E-state index in [1.54, 1.807) is 0 Å². The van der Waals surface area contributed by atoms with Crippen LogP contribution in [-0.4, -0.2) is 11.1 Å². The maximum atomic E-state index is 6.29. The van der Waals surface area contributed by atoms with E-state index in [1.807, 2.05) is 12.1 Å². The van der Waals surface area contributed by atoms with E-state index < -0.39 is 0 Å². The third-order valence-corrected chi connectivity index (χ3v) is 4.42. The van der Waals surface area contributed by atoms with Gasteiger partial charge in [-0.05, 0) is 42.3 Å². The molecular formula is C17H22BrClN2. The number of hydrogen-bond acceptors (Lipinski definition) is 1. The van der Waals surface area contributed by atoms with E-state index in [-0.39, 0.29) is 0 Å². The quantitative estimate of drug-likeness (QED) is 0.691. The number of benzene rings is 1. The molecule has 0 aliphatic carbocycles. The Hall–Kier alpha value is -0.770. The van der Waals surface area contributed by atoms with Gasteiger partial charge in [0.1, 0.15) is 0 Å². The van der Waals surface area contributed by atoms with Crippen molar-refractivity contribution in [3.8, 4) is 0 Å². The van der Waals surface area contributed by atoms with E-state index in [4.69, 9.17) is 11.6 Å². The molecule has 2 nitrogen and oxygen atoms in total. The number of rotatable bonds is 7. The van der Waals surface area contributed by atoms with Crippen LogP contribution in [0.2, 0.25) is 5.02 Å². The Morgan fingerprint density at radius 1 is 1.29 bits per heavy atom. The third-order valence-electron chi connectivity index (χ3n) is 3.57. The first-order valence-corrected chi connectivity index (χ1v) is 8.64. The van der Waals surface area contributed by atoms with E-state index in [9.17, 15) is 0 Å². The van der Waals surface area contributed by atoms with Gasteiger partial charge in [-0.25, -0.2) is 0 Å². The predicted octanol–water partition coefficient (Wildman–Crippen LogP) is 5.40. The zero-order valence-corrected chi connectivity index (χ0v) is 14.9. The summed E-state index contributed by atoms with van der Waals surface area (Å²) in [5, 5.41) is 4.35. The van der Waals surface area contributed by atoms with Gasteiger partial charge >= 0.3 is 0 Å². The maximum absolute atomic E-state index is 6.29. The topological polar surface area (TPSA) is 17.0 Å². The summed E-state index contributed by atoms with van der Waals surface area (Å²) in [5.41, 5.74) is 2.49. The Morgan fingerprint density at radius 2 is 2.10 bits per heavy atom. The second-order valence-corrected chi connectivity index (χ2v) is 6.57. The fraction of sp³-hybridized carbons (Fsp3) is 0.412. The standard InChI is InChI=1S/C17H22BrClN2/c1-3-5-17(20-4-2)14-8-9-21(12-14)11-13-6-7-15(18)10-16(13)19/h6-10,12,17,20H,3-5,11H2,1-2H3. The summed E-state index contributed by atoms with van der Waals surface area (Å²) in [6.45, 7) is 6.18. The van der Waals surface area contributed by atoms with Crippen LogP contribution >= 0.6 is 27.5 Å². The van der Waals surface area contributed by atoms with Crippen molar-refractivity contribution in [3.05, 3.63) is 57.3 Å². The van der Waals surface area contributed by atoms with Gasteiger partial charge in [0.15, 0.2) is 0 Å². The van der Waals surface area contributed by atoms with Crippen LogP contribution in [0.3, 0.4) is 0 Å². The molecule has 0 bridgehead atoms. The van der Waals surface area contributed by atoms with Gasteiger partial charge in [0.05, 0.1) is 0 Å². The van der Waals surface area contributed by atoms with Gasteiger partial charge < -0.3 is 9.88 Å². The highest BCUT2D eigenvalue weighted by atomic mass is 79.9. The average Bonchev–Trinajstić information content (AvgIpc) is 2.90. The van der Waals surface area contributed by atoms with Crippen LogP contribution in [0.1, 0.15) is 43.9 Å². The lowest BCUT2D eigenvalue weighted by atomic mass is 10.1. The van der Waals surface area contributed by atoms with Gasteiger partial charge in [0, 0.05) is 34.5 Å². The van der Waals surface area contributed by atoms with Gasteiger partial charge in [-0.3, -0.25) is 0 Å². The molecule has 0 saturated heterocycles. The molecule has 0 fully saturated rings. The molecule has 0 amide bonds. The number of aromatic nitrogens is 1. The Balaban J connectivity index is 2.11. The minimum Gasteiger partial charge on any atom is -0.350 e. The van der Waals surface area contributed by atoms with Crippen molar-refractivity contribution in [1.82, 2.24) is 9.88 Å². The third kappa shape index (κ3) is 4.60. The summed E-state index contributed by atoms with van der Waals surface area (Å²) >= 11 is 9.73. The van der Waals surface area contributed by atoms with E-state index in [0.717, 1.165) is 34.6 Å². The molecule has 0 aliphatic rings. The molecule has 0 aliphatic heterocycles. The molecule has 4 heteroatoms. The maximum Gasteiger partial charge on any atom is 0.0485 e. The molecule has 0 radical (unpaired) electrons. The van der Waals surface area contributed by atoms with Gasteiger partial charge in [-0.2, -0.15) is 0 Å². The SMILES string of the molecule is CCCC(NCC)c1ccn(Cc2ccc(Br)cc2Cl)c1. The first kappa shape index (κ1) is 16.6. The molecule has 1 aromatic carbocycles. The lowest BCUT2D eigenvalue weighted by molar-refractivity contribution is 0.508. The number of halogens is 2. The second-order valence-electron chi connectivity index (χ2n) is 5.25.